The maximum Gasteiger partial charge on any atom is 0.247 e. The van der Waals surface area contributed by atoms with E-state index in [9.17, 15) is 4.79 Å². The monoisotopic (exact) mass is 216 g/mol. The van der Waals surface area contributed by atoms with Gasteiger partial charge in [0.2, 0.25) is 5.91 Å². The Morgan fingerprint density at radius 1 is 1.38 bits per heavy atom. The zero-order chi connectivity index (χ0) is 11.4. The highest BCUT2D eigenvalue weighted by atomic mass is 16.1. The predicted octanol–water partition coefficient (Wildman–Crippen LogP) is 2.41. The van der Waals surface area contributed by atoms with Crippen LogP contribution < -0.4 is 10.2 Å². The molecule has 1 fully saturated rings. The number of anilines is 2. The van der Waals surface area contributed by atoms with Crippen molar-refractivity contribution in [2.45, 2.75) is 12.8 Å². The standard InChI is InChI=1S/C13H16N2O/c1-2-13(16)14-11-6-5-7-12(10-11)15-8-3-4-9-15/h2,5-7,10H,1,3-4,8-9H2,(H,14,16). The van der Waals surface area contributed by atoms with Crippen molar-refractivity contribution in [2.24, 2.45) is 0 Å². The molecule has 1 aromatic rings. The number of nitrogens with zero attached hydrogens (tertiary/aromatic N) is 1. The van der Waals surface area contributed by atoms with Gasteiger partial charge in [-0.3, -0.25) is 4.79 Å². The summed E-state index contributed by atoms with van der Waals surface area (Å²) in [6.07, 6.45) is 3.79. The summed E-state index contributed by atoms with van der Waals surface area (Å²) in [6, 6.07) is 7.94. The first-order valence-corrected chi connectivity index (χ1v) is 5.58. The molecule has 1 amide bonds. The molecule has 1 aliphatic heterocycles. The van der Waals surface area contributed by atoms with Gasteiger partial charge in [0.15, 0.2) is 0 Å². The Morgan fingerprint density at radius 3 is 2.81 bits per heavy atom. The second kappa shape index (κ2) is 4.84. The van der Waals surface area contributed by atoms with E-state index in [4.69, 9.17) is 0 Å². The van der Waals surface area contributed by atoms with E-state index >= 15 is 0 Å². The molecule has 1 N–H and O–H groups in total. The van der Waals surface area contributed by atoms with Crippen molar-refractivity contribution >= 4 is 17.3 Å². The van der Waals surface area contributed by atoms with Gasteiger partial charge in [-0.15, -0.1) is 0 Å². The van der Waals surface area contributed by atoms with Crippen molar-refractivity contribution in [1.82, 2.24) is 0 Å². The topological polar surface area (TPSA) is 32.3 Å². The number of hydrogen-bond acceptors (Lipinski definition) is 2. The van der Waals surface area contributed by atoms with Crippen molar-refractivity contribution < 1.29 is 4.79 Å². The zero-order valence-electron chi connectivity index (χ0n) is 9.28. The van der Waals surface area contributed by atoms with Gasteiger partial charge in [-0.1, -0.05) is 12.6 Å². The van der Waals surface area contributed by atoms with Crippen molar-refractivity contribution in [2.75, 3.05) is 23.3 Å². The molecule has 1 saturated heterocycles. The zero-order valence-corrected chi connectivity index (χ0v) is 9.28. The molecule has 2 rings (SSSR count). The van der Waals surface area contributed by atoms with E-state index in [0.29, 0.717) is 0 Å². The highest BCUT2D eigenvalue weighted by Gasteiger charge is 2.12. The third kappa shape index (κ3) is 2.42. The molecule has 0 atom stereocenters. The van der Waals surface area contributed by atoms with E-state index in [-0.39, 0.29) is 5.91 Å². The molecule has 16 heavy (non-hydrogen) atoms. The molecule has 0 bridgehead atoms. The van der Waals surface area contributed by atoms with Crippen LogP contribution >= 0.6 is 0 Å². The number of benzene rings is 1. The van der Waals surface area contributed by atoms with Gasteiger partial charge < -0.3 is 10.2 Å². The molecule has 0 aliphatic carbocycles. The Balaban J connectivity index is 2.12. The first-order chi connectivity index (χ1) is 7.79. The summed E-state index contributed by atoms with van der Waals surface area (Å²) in [6.45, 7) is 5.65. The number of hydrogen-bond donors (Lipinski definition) is 1. The van der Waals surface area contributed by atoms with E-state index in [1.807, 2.05) is 18.2 Å². The Hall–Kier alpha value is -1.77. The number of carbonyl (C=O) groups excluding carboxylic acids is 1. The molecule has 3 heteroatoms. The minimum absolute atomic E-state index is 0.168. The molecule has 0 unspecified atom stereocenters. The summed E-state index contributed by atoms with van der Waals surface area (Å²) < 4.78 is 0. The van der Waals surface area contributed by atoms with Gasteiger partial charge in [0.1, 0.15) is 0 Å². The molecule has 1 heterocycles. The first kappa shape index (κ1) is 10.7. The fraction of sp³-hybridized carbons (Fsp3) is 0.308. The summed E-state index contributed by atoms with van der Waals surface area (Å²) in [5.41, 5.74) is 2.01. The summed E-state index contributed by atoms with van der Waals surface area (Å²) in [5.74, 6) is -0.168. The van der Waals surface area contributed by atoms with Gasteiger partial charge in [0.05, 0.1) is 0 Å². The van der Waals surface area contributed by atoms with Crippen molar-refractivity contribution in [3.05, 3.63) is 36.9 Å². The highest BCUT2D eigenvalue weighted by molar-refractivity contribution is 5.99. The average Bonchev–Trinajstić information content (AvgIpc) is 2.83. The molecule has 3 nitrogen and oxygen atoms in total. The van der Waals surface area contributed by atoms with Gasteiger partial charge in [-0.05, 0) is 37.1 Å². The Labute approximate surface area is 95.8 Å². The van der Waals surface area contributed by atoms with Crippen LogP contribution in [-0.4, -0.2) is 19.0 Å². The third-order valence-corrected chi connectivity index (χ3v) is 2.77. The molecular weight excluding hydrogens is 200 g/mol. The predicted molar refractivity (Wildman–Crippen MR) is 66.7 cm³/mol. The fourth-order valence-corrected chi connectivity index (χ4v) is 1.95. The summed E-state index contributed by atoms with van der Waals surface area (Å²) in [7, 11) is 0. The van der Waals surface area contributed by atoms with Crippen LogP contribution in [0.2, 0.25) is 0 Å². The smallest absolute Gasteiger partial charge is 0.247 e. The number of rotatable bonds is 3. The summed E-state index contributed by atoms with van der Waals surface area (Å²) >= 11 is 0. The lowest BCUT2D eigenvalue weighted by atomic mass is 10.2. The second-order valence-corrected chi connectivity index (χ2v) is 3.94. The number of amides is 1. The molecule has 0 saturated carbocycles. The van der Waals surface area contributed by atoms with Crippen molar-refractivity contribution in [3.8, 4) is 0 Å². The maximum atomic E-state index is 11.2. The molecular formula is C13H16N2O. The van der Waals surface area contributed by atoms with Crippen LogP contribution in [0.4, 0.5) is 11.4 Å². The lowest BCUT2D eigenvalue weighted by Crippen LogP contribution is -2.17. The van der Waals surface area contributed by atoms with Crippen molar-refractivity contribution in [1.29, 1.82) is 0 Å². The highest BCUT2D eigenvalue weighted by Crippen LogP contribution is 2.23. The van der Waals surface area contributed by atoms with Gasteiger partial charge in [0, 0.05) is 24.5 Å². The van der Waals surface area contributed by atoms with E-state index in [2.05, 4.69) is 22.9 Å². The molecule has 0 aromatic heterocycles. The third-order valence-electron chi connectivity index (χ3n) is 2.77. The Morgan fingerprint density at radius 2 is 2.12 bits per heavy atom. The molecule has 0 radical (unpaired) electrons. The van der Waals surface area contributed by atoms with Crippen LogP contribution in [0.25, 0.3) is 0 Å². The van der Waals surface area contributed by atoms with Crippen LogP contribution in [0.15, 0.2) is 36.9 Å². The van der Waals surface area contributed by atoms with E-state index in [0.717, 1.165) is 18.8 Å². The molecule has 84 valence electrons. The lowest BCUT2D eigenvalue weighted by Gasteiger charge is -2.18. The quantitative estimate of drug-likeness (QED) is 0.787. The maximum absolute atomic E-state index is 11.2. The largest absolute Gasteiger partial charge is 0.371 e. The van der Waals surface area contributed by atoms with E-state index < -0.39 is 0 Å². The number of carbonyl (C=O) groups is 1. The van der Waals surface area contributed by atoms with Gasteiger partial charge in [-0.25, -0.2) is 0 Å². The minimum atomic E-state index is -0.168. The van der Waals surface area contributed by atoms with Crippen LogP contribution in [-0.2, 0) is 4.79 Å². The normalized spacial score (nSPS) is 14.9. The lowest BCUT2D eigenvalue weighted by molar-refractivity contribution is -0.111. The Kier molecular flexibility index (Phi) is 3.25. The van der Waals surface area contributed by atoms with E-state index in [1.54, 1.807) is 0 Å². The van der Waals surface area contributed by atoms with Crippen LogP contribution in [0, 0.1) is 0 Å². The van der Waals surface area contributed by atoms with E-state index in [1.165, 1.54) is 24.6 Å². The summed E-state index contributed by atoms with van der Waals surface area (Å²) in [4.78, 5) is 13.5. The molecule has 1 aromatic carbocycles. The minimum Gasteiger partial charge on any atom is -0.371 e. The summed E-state index contributed by atoms with van der Waals surface area (Å²) in [5, 5.41) is 2.77. The average molecular weight is 216 g/mol. The van der Waals surface area contributed by atoms with Gasteiger partial charge in [-0.2, -0.15) is 0 Å². The molecule has 0 spiro atoms. The molecule has 1 aliphatic rings. The Bertz CT molecular complexity index is 395. The first-order valence-electron chi connectivity index (χ1n) is 5.58. The SMILES string of the molecule is C=CC(=O)Nc1cccc(N2CCCC2)c1. The van der Waals surface area contributed by atoms with Crippen LogP contribution in [0.1, 0.15) is 12.8 Å². The van der Waals surface area contributed by atoms with Crippen LogP contribution in [0.3, 0.4) is 0 Å². The fourth-order valence-electron chi connectivity index (χ4n) is 1.95. The van der Waals surface area contributed by atoms with Crippen LogP contribution in [0.5, 0.6) is 0 Å². The van der Waals surface area contributed by atoms with Gasteiger partial charge >= 0.3 is 0 Å². The second-order valence-electron chi connectivity index (χ2n) is 3.94. The van der Waals surface area contributed by atoms with Gasteiger partial charge in [0.25, 0.3) is 0 Å². The van der Waals surface area contributed by atoms with Crippen molar-refractivity contribution in [3.63, 3.8) is 0 Å². The number of nitrogens with one attached hydrogen (secondary N) is 1.